The number of aliphatic carboxylic acids is 1. The molecule has 0 bridgehead atoms. The highest BCUT2D eigenvalue weighted by atomic mass is 35.5. The molecule has 0 saturated carbocycles. The van der Waals surface area contributed by atoms with Crippen molar-refractivity contribution in [3.8, 4) is 0 Å². The molecule has 22 heavy (non-hydrogen) atoms. The topological polar surface area (TPSA) is 102 Å². The molecule has 0 aliphatic carbocycles. The van der Waals surface area contributed by atoms with Crippen LogP contribution in [0.2, 0.25) is 5.02 Å². The van der Waals surface area contributed by atoms with Crippen LogP contribution in [0, 0.1) is 0 Å². The number of anilines is 1. The normalized spacial score (nSPS) is 13.4. The van der Waals surface area contributed by atoms with Crippen LogP contribution in [0.1, 0.15) is 0 Å². The lowest BCUT2D eigenvalue weighted by Crippen LogP contribution is -2.28. The molecule has 1 aliphatic heterocycles. The molecule has 0 amide bonds. The second-order valence-electron chi connectivity index (χ2n) is 3.96. The van der Waals surface area contributed by atoms with E-state index in [1.807, 2.05) is 12.1 Å². The molecule has 0 atom stereocenters. The first-order chi connectivity index (χ1) is 10.5. The molecule has 0 unspecified atom stereocenters. The first kappa shape index (κ1) is 17.0. The van der Waals surface area contributed by atoms with Gasteiger partial charge in [-0.15, -0.1) is 0 Å². The number of rotatable bonds is 2. The highest BCUT2D eigenvalue weighted by molar-refractivity contribution is 7.00. The number of hydrogen-bond donors (Lipinski definition) is 2. The van der Waals surface area contributed by atoms with Gasteiger partial charge in [0.1, 0.15) is 15.9 Å². The fraction of sp³-hybridized carbons (Fsp3) is 0.273. The fourth-order valence-corrected chi connectivity index (χ4v) is 2.29. The Morgan fingerprint density at radius 3 is 2.73 bits per heavy atom. The van der Waals surface area contributed by atoms with Gasteiger partial charge in [0.15, 0.2) is 5.96 Å². The fourth-order valence-electron chi connectivity index (χ4n) is 1.55. The maximum atomic E-state index is 9.32. The summed E-state index contributed by atoms with van der Waals surface area (Å²) >= 11 is 16.7. The quantitative estimate of drug-likeness (QED) is 0.759. The van der Waals surface area contributed by atoms with E-state index >= 15 is 0 Å². The Balaban J connectivity index is 0.000000254. The minimum atomic E-state index is -1.46. The van der Waals surface area contributed by atoms with Crippen LogP contribution in [0.4, 0.5) is 5.69 Å². The number of carboxylic acid groups (broad SMARTS) is 1. The number of aliphatic imine (C=N–C) groups is 1. The van der Waals surface area contributed by atoms with E-state index < -0.39 is 10.8 Å². The van der Waals surface area contributed by atoms with Gasteiger partial charge in [-0.3, -0.25) is 4.99 Å². The molecular weight excluding hydrogens is 373 g/mol. The van der Waals surface area contributed by atoms with Crippen LogP contribution < -0.4 is 15.7 Å². The van der Waals surface area contributed by atoms with E-state index in [0.29, 0.717) is 5.02 Å². The SMILES string of the molecule is Clc1ccc2nsnc2c1NC1=NCCN1.O=C([O-])C(Cl)Cl. The summed E-state index contributed by atoms with van der Waals surface area (Å²) in [4.78, 5) is 12.2. The molecular formula is C11H9Cl3N5O2S-. The van der Waals surface area contributed by atoms with E-state index in [1.54, 1.807) is 0 Å². The van der Waals surface area contributed by atoms with Gasteiger partial charge in [0.25, 0.3) is 0 Å². The molecule has 118 valence electrons. The highest BCUT2D eigenvalue weighted by Crippen LogP contribution is 2.29. The average Bonchev–Trinajstić information content (AvgIpc) is 3.13. The van der Waals surface area contributed by atoms with Crippen LogP contribution in [0.5, 0.6) is 0 Å². The zero-order valence-electron chi connectivity index (χ0n) is 10.8. The van der Waals surface area contributed by atoms with Crippen LogP contribution >= 0.6 is 46.5 Å². The Morgan fingerprint density at radius 1 is 1.41 bits per heavy atom. The van der Waals surface area contributed by atoms with E-state index in [0.717, 1.165) is 35.8 Å². The van der Waals surface area contributed by atoms with Crippen molar-refractivity contribution >= 4 is 75.2 Å². The number of fused-ring (bicyclic) bond motifs is 1. The van der Waals surface area contributed by atoms with Crippen molar-refractivity contribution in [3.63, 3.8) is 0 Å². The minimum absolute atomic E-state index is 0.622. The highest BCUT2D eigenvalue weighted by Gasteiger charge is 2.13. The van der Waals surface area contributed by atoms with Crippen LogP contribution in [0.3, 0.4) is 0 Å². The van der Waals surface area contributed by atoms with Crippen molar-refractivity contribution in [3.05, 3.63) is 17.2 Å². The maximum absolute atomic E-state index is 9.32. The standard InChI is InChI=1S/C9H8ClN5S.C2H2Cl2O2/c10-5-1-2-6-8(15-16-14-6)7(5)13-9-11-3-4-12-9;3-1(4)2(5)6/h1-2H,3-4H2,(H2,11,12,13);1H,(H,5,6)/p-1. The first-order valence-electron chi connectivity index (χ1n) is 5.94. The third-order valence-electron chi connectivity index (χ3n) is 2.47. The lowest BCUT2D eigenvalue weighted by atomic mass is 10.2. The van der Waals surface area contributed by atoms with Gasteiger partial charge >= 0.3 is 0 Å². The molecule has 2 heterocycles. The summed E-state index contributed by atoms with van der Waals surface area (Å²) in [6.07, 6.45) is 0. The summed E-state index contributed by atoms with van der Waals surface area (Å²) < 4.78 is 8.39. The number of carbonyl (C=O) groups is 1. The summed E-state index contributed by atoms with van der Waals surface area (Å²) in [6.45, 7) is 1.64. The Kier molecular flexibility index (Phi) is 6.01. The van der Waals surface area contributed by atoms with Crippen molar-refractivity contribution in [2.45, 2.75) is 4.84 Å². The summed E-state index contributed by atoms with van der Waals surface area (Å²) in [5.41, 5.74) is 2.39. The van der Waals surface area contributed by atoms with Gasteiger partial charge in [-0.2, -0.15) is 8.75 Å². The van der Waals surface area contributed by atoms with Crippen LogP contribution in [-0.2, 0) is 4.79 Å². The molecule has 0 fully saturated rings. The molecule has 1 aromatic heterocycles. The molecule has 1 aromatic carbocycles. The number of nitrogens with one attached hydrogen (secondary N) is 2. The number of alkyl halides is 2. The van der Waals surface area contributed by atoms with E-state index in [1.165, 1.54) is 11.7 Å². The molecule has 11 heteroatoms. The molecule has 0 spiro atoms. The predicted molar refractivity (Wildman–Crippen MR) is 86.9 cm³/mol. The van der Waals surface area contributed by atoms with Gasteiger partial charge in [-0.1, -0.05) is 34.8 Å². The predicted octanol–water partition coefficient (Wildman–Crippen LogP) is 1.26. The largest absolute Gasteiger partial charge is 0.547 e. The van der Waals surface area contributed by atoms with Gasteiger partial charge in [-0.25, -0.2) is 0 Å². The number of carbonyl (C=O) groups excluding carboxylic acids is 1. The molecule has 2 aromatic rings. The van der Waals surface area contributed by atoms with Gasteiger partial charge in [0.2, 0.25) is 0 Å². The van der Waals surface area contributed by atoms with Gasteiger partial charge in [0, 0.05) is 6.54 Å². The van der Waals surface area contributed by atoms with E-state index in [-0.39, 0.29) is 0 Å². The molecule has 2 N–H and O–H groups in total. The van der Waals surface area contributed by atoms with Crippen LogP contribution in [-0.4, -0.2) is 38.6 Å². The van der Waals surface area contributed by atoms with Crippen molar-refractivity contribution in [1.82, 2.24) is 14.1 Å². The maximum Gasteiger partial charge on any atom is 0.196 e. The van der Waals surface area contributed by atoms with E-state index in [2.05, 4.69) is 24.4 Å². The number of benzene rings is 1. The zero-order chi connectivity index (χ0) is 16.1. The molecule has 7 nitrogen and oxygen atoms in total. The number of carboxylic acids is 1. The summed E-state index contributed by atoms with van der Waals surface area (Å²) in [6, 6.07) is 3.67. The number of nitrogens with zero attached hydrogens (tertiary/aromatic N) is 3. The molecule has 3 rings (SSSR count). The monoisotopic (exact) mass is 380 g/mol. The Bertz CT molecular complexity index is 706. The second-order valence-corrected chi connectivity index (χ2v) is 5.99. The zero-order valence-corrected chi connectivity index (χ0v) is 13.9. The number of halogens is 3. The summed E-state index contributed by atoms with van der Waals surface area (Å²) in [7, 11) is 0. The number of guanidine groups is 1. The van der Waals surface area contributed by atoms with Crippen molar-refractivity contribution in [2.75, 3.05) is 18.4 Å². The lowest BCUT2D eigenvalue weighted by molar-refractivity contribution is -0.303. The average molecular weight is 382 g/mol. The smallest absolute Gasteiger partial charge is 0.196 e. The third kappa shape index (κ3) is 4.33. The Hall–Kier alpha value is -1.35. The number of aromatic nitrogens is 2. The van der Waals surface area contributed by atoms with Gasteiger partial charge in [0.05, 0.1) is 35.0 Å². The van der Waals surface area contributed by atoms with Crippen LogP contribution in [0.15, 0.2) is 17.1 Å². The van der Waals surface area contributed by atoms with Crippen LogP contribution in [0.25, 0.3) is 11.0 Å². The number of hydrogen-bond acceptors (Lipinski definition) is 8. The summed E-state index contributed by atoms with van der Waals surface area (Å²) in [5.74, 6) is -0.722. The molecule has 1 aliphatic rings. The Labute approximate surface area is 144 Å². The first-order valence-corrected chi connectivity index (χ1v) is 7.92. The van der Waals surface area contributed by atoms with Gasteiger partial charge in [-0.05, 0) is 12.1 Å². The molecule has 0 radical (unpaired) electrons. The van der Waals surface area contributed by atoms with E-state index in [4.69, 9.17) is 34.8 Å². The second kappa shape index (κ2) is 7.77. The summed E-state index contributed by atoms with van der Waals surface area (Å²) in [5, 5.41) is 16.2. The van der Waals surface area contributed by atoms with E-state index in [9.17, 15) is 9.90 Å². The van der Waals surface area contributed by atoms with Crippen molar-refractivity contribution in [1.29, 1.82) is 0 Å². The van der Waals surface area contributed by atoms with Crippen molar-refractivity contribution < 1.29 is 9.90 Å². The lowest BCUT2D eigenvalue weighted by Gasteiger charge is -2.08. The Morgan fingerprint density at radius 2 is 2.14 bits per heavy atom. The van der Waals surface area contributed by atoms with Gasteiger partial charge < -0.3 is 20.5 Å². The third-order valence-corrected chi connectivity index (χ3v) is 3.69. The van der Waals surface area contributed by atoms with Crippen molar-refractivity contribution in [2.24, 2.45) is 4.99 Å². The minimum Gasteiger partial charge on any atom is -0.547 e. The molecule has 0 saturated heterocycles.